The van der Waals surface area contributed by atoms with Gasteiger partial charge in [-0.2, -0.15) is 0 Å². The van der Waals surface area contributed by atoms with Gasteiger partial charge in [0, 0.05) is 24.1 Å². The fourth-order valence-corrected chi connectivity index (χ4v) is 3.34. The van der Waals surface area contributed by atoms with Gasteiger partial charge in [0.05, 0.1) is 10.5 Å². The van der Waals surface area contributed by atoms with Gasteiger partial charge in [-0.25, -0.2) is 9.48 Å². The highest BCUT2D eigenvalue weighted by Gasteiger charge is 2.20. The molecule has 1 aromatic heterocycles. The van der Waals surface area contributed by atoms with Crippen molar-refractivity contribution in [2.45, 2.75) is 23.4 Å². The second-order valence-electron chi connectivity index (χ2n) is 6.11. The Morgan fingerprint density at radius 1 is 1.23 bits per heavy atom. The van der Waals surface area contributed by atoms with Crippen LogP contribution in [0.5, 0.6) is 5.75 Å². The van der Waals surface area contributed by atoms with E-state index in [1.165, 1.54) is 22.9 Å². The molecule has 0 spiro atoms. The Bertz CT molecular complexity index is 1060. The van der Waals surface area contributed by atoms with E-state index in [1.807, 2.05) is 31.2 Å². The lowest BCUT2D eigenvalue weighted by Gasteiger charge is -2.10. The number of non-ortho nitro benzene ring substituents is 1. The van der Waals surface area contributed by atoms with Gasteiger partial charge >= 0.3 is 5.97 Å². The Morgan fingerprint density at radius 2 is 2.07 bits per heavy atom. The Kier molecular flexibility index (Phi) is 6.96. The number of rotatable bonds is 9. The fourth-order valence-electron chi connectivity index (χ4n) is 2.51. The summed E-state index contributed by atoms with van der Waals surface area (Å²) in [5.41, 5.74) is 0.987. The molecule has 0 aliphatic heterocycles. The Morgan fingerprint density at radius 3 is 2.77 bits per heavy atom. The first kappa shape index (κ1) is 21.2. The van der Waals surface area contributed by atoms with Crippen LogP contribution in [0.2, 0.25) is 0 Å². The topological polar surface area (TPSA) is 122 Å². The van der Waals surface area contributed by atoms with Crippen LogP contribution in [0.1, 0.15) is 22.8 Å². The number of nitro groups is 1. The third kappa shape index (κ3) is 5.32. The fraction of sp³-hybridized carbons (Fsp3) is 0.263. The zero-order chi connectivity index (χ0) is 21.5. The van der Waals surface area contributed by atoms with Gasteiger partial charge in [0.2, 0.25) is 5.16 Å². The first-order valence-corrected chi connectivity index (χ1v) is 9.87. The number of aromatic nitrogens is 4. The third-order valence-corrected chi connectivity index (χ3v) is 5.17. The second kappa shape index (κ2) is 9.83. The van der Waals surface area contributed by atoms with Crippen LogP contribution in [0.4, 0.5) is 5.69 Å². The van der Waals surface area contributed by atoms with E-state index in [-0.39, 0.29) is 24.5 Å². The van der Waals surface area contributed by atoms with Crippen molar-refractivity contribution in [3.05, 3.63) is 63.7 Å². The first-order chi connectivity index (χ1) is 14.5. The molecule has 156 valence electrons. The number of nitrogens with zero attached hydrogens (tertiary/aromatic N) is 5. The minimum Gasteiger partial charge on any atom is -0.490 e. The number of tetrazole rings is 1. The molecule has 0 radical (unpaired) electrons. The largest absolute Gasteiger partial charge is 0.490 e. The highest BCUT2D eigenvalue weighted by molar-refractivity contribution is 7.99. The van der Waals surface area contributed by atoms with E-state index in [1.54, 1.807) is 7.05 Å². The van der Waals surface area contributed by atoms with Gasteiger partial charge in [0.25, 0.3) is 5.69 Å². The van der Waals surface area contributed by atoms with Crippen LogP contribution in [0.15, 0.2) is 52.5 Å². The van der Waals surface area contributed by atoms with Crippen molar-refractivity contribution in [2.75, 3.05) is 13.2 Å². The molecule has 0 amide bonds. The molecule has 0 saturated heterocycles. The van der Waals surface area contributed by atoms with Gasteiger partial charge in [0.15, 0.2) is 0 Å². The predicted molar refractivity (Wildman–Crippen MR) is 108 cm³/mol. The number of aryl methyl sites for hydroxylation is 2. The molecule has 0 fully saturated rings. The number of hydrogen-bond donors (Lipinski definition) is 0. The lowest BCUT2D eigenvalue weighted by molar-refractivity contribution is -0.384. The number of benzene rings is 2. The SMILES string of the molecule is CCc1cccc(OCCOC(=O)c2cc([N+](=O)[O-])ccc2Sc2nnnn2C)c1. The van der Waals surface area contributed by atoms with Crippen molar-refractivity contribution in [1.29, 1.82) is 0 Å². The van der Waals surface area contributed by atoms with Crippen LogP contribution in [0.25, 0.3) is 0 Å². The standard InChI is InChI=1S/C19H19N5O5S/c1-3-13-5-4-6-15(11-13)28-9-10-29-18(25)16-12-14(24(26)27)7-8-17(16)30-19-20-21-22-23(19)2/h4-8,11-12H,3,9-10H2,1-2H3. The molecule has 3 rings (SSSR count). The molecule has 0 unspecified atom stereocenters. The number of nitro benzene ring substituents is 1. The molecule has 11 heteroatoms. The molecule has 0 saturated carbocycles. The summed E-state index contributed by atoms with van der Waals surface area (Å²) in [6, 6.07) is 11.6. The second-order valence-corrected chi connectivity index (χ2v) is 7.12. The van der Waals surface area contributed by atoms with Gasteiger partial charge in [-0.3, -0.25) is 10.1 Å². The van der Waals surface area contributed by atoms with Gasteiger partial charge in [-0.05, 0) is 52.4 Å². The van der Waals surface area contributed by atoms with Gasteiger partial charge in [-0.15, -0.1) is 5.10 Å². The van der Waals surface area contributed by atoms with Gasteiger partial charge in [0.1, 0.15) is 19.0 Å². The van der Waals surface area contributed by atoms with Crippen LogP contribution in [0.3, 0.4) is 0 Å². The average Bonchev–Trinajstić information content (AvgIpc) is 3.15. The van der Waals surface area contributed by atoms with Crippen LogP contribution in [-0.4, -0.2) is 44.3 Å². The van der Waals surface area contributed by atoms with Crippen LogP contribution >= 0.6 is 11.8 Å². The summed E-state index contributed by atoms with van der Waals surface area (Å²) >= 11 is 1.11. The molecular formula is C19H19N5O5S. The molecule has 1 heterocycles. The van der Waals surface area contributed by atoms with Crippen LogP contribution in [0, 0.1) is 10.1 Å². The summed E-state index contributed by atoms with van der Waals surface area (Å²) in [5, 5.41) is 22.7. The smallest absolute Gasteiger partial charge is 0.339 e. The van der Waals surface area contributed by atoms with Gasteiger partial charge in [-0.1, -0.05) is 19.1 Å². The summed E-state index contributed by atoms with van der Waals surface area (Å²) < 4.78 is 12.3. The van der Waals surface area contributed by atoms with E-state index in [0.717, 1.165) is 23.7 Å². The van der Waals surface area contributed by atoms with Crippen molar-refractivity contribution in [3.63, 3.8) is 0 Å². The van der Waals surface area contributed by atoms with E-state index >= 15 is 0 Å². The molecule has 2 aromatic carbocycles. The average molecular weight is 429 g/mol. The lowest BCUT2D eigenvalue weighted by atomic mass is 10.2. The quantitative estimate of drug-likeness (QED) is 0.218. The molecule has 30 heavy (non-hydrogen) atoms. The van der Waals surface area contributed by atoms with Crippen molar-refractivity contribution in [2.24, 2.45) is 7.05 Å². The summed E-state index contributed by atoms with van der Waals surface area (Å²) in [7, 11) is 1.65. The van der Waals surface area contributed by atoms with Crippen LogP contribution in [-0.2, 0) is 18.2 Å². The summed E-state index contributed by atoms with van der Waals surface area (Å²) in [6.07, 6.45) is 0.889. The zero-order valence-corrected chi connectivity index (χ0v) is 17.2. The molecule has 0 bridgehead atoms. The van der Waals surface area contributed by atoms with Crippen molar-refractivity contribution in [3.8, 4) is 5.75 Å². The van der Waals surface area contributed by atoms with E-state index in [4.69, 9.17) is 9.47 Å². The van der Waals surface area contributed by atoms with Crippen LogP contribution < -0.4 is 4.74 Å². The minimum atomic E-state index is -0.692. The molecular weight excluding hydrogens is 410 g/mol. The molecule has 0 atom stereocenters. The molecule has 0 aliphatic rings. The molecule has 0 N–H and O–H groups in total. The predicted octanol–water partition coefficient (Wildman–Crippen LogP) is 3.07. The molecule has 0 aliphatic carbocycles. The first-order valence-electron chi connectivity index (χ1n) is 9.05. The van der Waals surface area contributed by atoms with E-state index in [0.29, 0.717) is 15.8 Å². The number of carbonyl (C=O) groups is 1. The van der Waals surface area contributed by atoms with Crippen molar-refractivity contribution < 1.29 is 19.2 Å². The summed E-state index contributed by atoms with van der Waals surface area (Å²) in [6.45, 7) is 2.20. The highest BCUT2D eigenvalue weighted by Crippen LogP contribution is 2.31. The van der Waals surface area contributed by atoms with E-state index < -0.39 is 10.9 Å². The number of carbonyl (C=O) groups excluding carboxylic acids is 1. The summed E-state index contributed by atoms with van der Waals surface area (Å²) in [4.78, 5) is 23.6. The molecule has 3 aromatic rings. The molecule has 10 nitrogen and oxygen atoms in total. The maximum atomic E-state index is 12.6. The third-order valence-electron chi connectivity index (χ3n) is 4.07. The Balaban J connectivity index is 1.67. The maximum absolute atomic E-state index is 12.6. The van der Waals surface area contributed by atoms with E-state index in [2.05, 4.69) is 15.5 Å². The zero-order valence-electron chi connectivity index (χ0n) is 16.3. The minimum absolute atomic E-state index is 0.00645. The Hall–Kier alpha value is -3.47. The maximum Gasteiger partial charge on any atom is 0.339 e. The van der Waals surface area contributed by atoms with E-state index in [9.17, 15) is 14.9 Å². The van der Waals surface area contributed by atoms with Crippen molar-refractivity contribution >= 4 is 23.4 Å². The number of ether oxygens (including phenoxy) is 2. The number of esters is 1. The normalized spacial score (nSPS) is 10.6. The Labute approximate surface area is 176 Å². The monoisotopic (exact) mass is 429 g/mol. The van der Waals surface area contributed by atoms with Gasteiger partial charge < -0.3 is 9.47 Å². The summed E-state index contributed by atoms with van der Waals surface area (Å²) in [5.74, 6) is -0.00555. The van der Waals surface area contributed by atoms with Crippen molar-refractivity contribution in [1.82, 2.24) is 20.2 Å². The highest BCUT2D eigenvalue weighted by atomic mass is 32.2. The number of hydrogen-bond acceptors (Lipinski definition) is 9. The lowest BCUT2D eigenvalue weighted by Crippen LogP contribution is -2.13.